The third-order valence-corrected chi connectivity index (χ3v) is 6.83. The monoisotopic (exact) mass is 443 g/mol. The first-order chi connectivity index (χ1) is 15.3. The summed E-state index contributed by atoms with van der Waals surface area (Å²) in [6.45, 7) is 3.64. The van der Waals surface area contributed by atoms with Crippen LogP contribution < -0.4 is 0 Å². The van der Waals surface area contributed by atoms with Crippen molar-refractivity contribution in [3.05, 3.63) is 30.2 Å². The van der Waals surface area contributed by atoms with Gasteiger partial charge in [0.15, 0.2) is 5.65 Å². The maximum atomic E-state index is 13.2. The Bertz CT molecular complexity index is 953. The molecule has 3 fully saturated rings. The highest BCUT2D eigenvalue weighted by Gasteiger charge is 2.45. The van der Waals surface area contributed by atoms with Gasteiger partial charge in [0.25, 0.3) is 11.9 Å². The van der Waals surface area contributed by atoms with Gasteiger partial charge in [-0.05, 0) is 69.7 Å². The van der Waals surface area contributed by atoms with E-state index >= 15 is 0 Å². The molecule has 9 heteroatoms. The third-order valence-electron chi connectivity index (χ3n) is 6.83. The molecule has 0 bridgehead atoms. The second-order valence-corrected chi connectivity index (χ2v) is 9.55. The second kappa shape index (κ2) is 9.54. The molecule has 0 radical (unpaired) electrons. The first-order valence-corrected chi connectivity index (χ1v) is 11.4. The van der Waals surface area contributed by atoms with E-state index in [1.165, 1.54) is 12.8 Å². The fourth-order valence-electron chi connectivity index (χ4n) is 5.01. The van der Waals surface area contributed by atoms with Gasteiger partial charge in [-0.2, -0.15) is 0 Å². The number of carboxylic acids is 1. The van der Waals surface area contributed by atoms with Gasteiger partial charge in [-0.15, -0.1) is 10.2 Å². The number of carboxylic acid groups (broad SMARTS) is 1. The summed E-state index contributed by atoms with van der Waals surface area (Å²) in [5.74, 6) is 1.10. The molecule has 2 aromatic rings. The van der Waals surface area contributed by atoms with Gasteiger partial charge in [-0.25, -0.2) is 0 Å². The highest BCUT2D eigenvalue weighted by molar-refractivity contribution is 5.99. The van der Waals surface area contributed by atoms with E-state index in [4.69, 9.17) is 14.6 Å². The van der Waals surface area contributed by atoms with E-state index in [2.05, 4.69) is 29.2 Å². The molecule has 3 heterocycles. The number of likely N-dealkylation sites (N-methyl/N-ethyl adjacent to an activating group) is 1. The fourth-order valence-corrected chi connectivity index (χ4v) is 5.01. The Kier molecular flexibility index (Phi) is 6.76. The van der Waals surface area contributed by atoms with Crippen LogP contribution in [0.4, 0.5) is 0 Å². The Morgan fingerprint density at radius 2 is 1.91 bits per heavy atom. The lowest BCUT2D eigenvalue weighted by molar-refractivity contribution is -0.134. The van der Waals surface area contributed by atoms with Crippen molar-refractivity contribution in [3.63, 3.8) is 0 Å². The van der Waals surface area contributed by atoms with Gasteiger partial charge in [0, 0.05) is 38.9 Å². The van der Waals surface area contributed by atoms with Crippen LogP contribution in [0.25, 0.3) is 5.65 Å². The quantitative estimate of drug-likeness (QED) is 0.755. The number of pyridine rings is 1. The number of aromatic nitrogens is 3. The molecule has 1 aliphatic heterocycles. The Labute approximate surface area is 188 Å². The molecule has 174 valence electrons. The Morgan fingerprint density at radius 3 is 2.56 bits per heavy atom. The average Bonchev–Trinajstić information content (AvgIpc) is 3.28. The molecule has 2 aliphatic carbocycles. The van der Waals surface area contributed by atoms with Gasteiger partial charge in [0.2, 0.25) is 0 Å². The predicted molar refractivity (Wildman–Crippen MR) is 118 cm³/mol. The summed E-state index contributed by atoms with van der Waals surface area (Å²) in [6.07, 6.45) is 8.60. The molecule has 1 saturated heterocycles. The zero-order valence-corrected chi connectivity index (χ0v) is 19.1. The molecular formula is C23H33N5O4. The first kappa shape index (κ1) is 22.7. The lowest BCUT2D eigenvalue weighted by Crippen LogP contribution is -2.48. The molecule has 5 rings (SSSR count). The summed E-state index contributed by atoms with van der Waals surface area (Å²) in [5, 5.41) is 15.5. The lowest BCUT2D eigenvalue weighted by Gasteiger charge is -2.41. The summed E-state index contributed by atoms with van der Waals surface area (Å²) >= 11 is 0. The second-order valence-electron chi connectivity index (χ2n) is 9.55. The van der Waals surface area contributed by atoms with E-state index in [1.807, 2.05) is 23.2 Å². The third kappa shape index (κ3) is 5.10. The van der Waals surface area contributed by atoms with Crippen molar-refractivity contribution in [1.82, 2.24) is 24.4 Å². The molecule has 0 spiro atoms. The molecule has 4 atom stereocenters. The largest absolute Gasteiger partial charge is 0.481 e. The number of amides is 1. The van der Waals surface area contributed by atoms with Crippen molar-refractivity contribution in [1.29, 1.82) is 0 Å². The number of ether oxygens (including phenoxy) is 1. The molecule has 0 unspecified atom stereocenters. The van der Waals surface area contributed by atoms with Crippen molar-refractivity contribution in [2.24, 2.45) is 17.8 Å². The van der Waals surface area contributed by atoms with Crippen LogP contribution in [0.2, 0.25) is 0 Å². The maximum absolute atomic E-state index is 13.2. The van der Waals surface area contributed by atoms with Gasteiger partial charge >= 0.3 is 0 Å². The van der Waals surface area contributed by atoms with Gasteiger partial charge in [0.05, 0.1) is 11.7 Å². The minimum atomic E-state index is -0.833. The van der Waals surface area contributed by atoms with Crippen LogP contribution in [0.5, 0.6) is 0 Å². The van der Waals surface area contributed by atoms with Crippen molar-refractivity contribution in [2.75, 3.05) is 33.8 Å². The number of rotatable bonds is 5. The smallest absolute Gasteiger partial charge is 0.300 e. The van der Waals surface area contributed by atoms with E-state index in [0.717, 1.165) is 45.4 Å². The zero-order valence-electron chi connectivity index (χ0n) is 19.1. The molecule has 9 nitrogen and oxygen atoms in total. The van der Waals surface area contributed by atoms with Crippen molar-refractivity contribution in [2.45, 2.75) is 44.8 Å². The summed E-state index contributed by atoms with van der Waals surface area (Å²) in [5.41, 5.74) is 1.28. The van der Waals surface area contributed by atoms with Gasteiger partial charge < -0.3 is 19.6 Å². The molecule has 0 aromatic carbocycles. The van der Waals surface area contributed by atoms with Gasteiger partial charge in [-0.3, -0.25) is 14.0 Å². The topological polar surface area (TPSA) is 100 Å². The maximum Gasteiger partial charge on any atom is 0.300 e. The average molecular weight is 444 g/mol. The minimum absolute atomic E-state index is 0.0739. The first-order valence-electron chi connectivity index (χ1n) is 11.4. The molecular weight excluding hydrogens is 410 g/mol. The molecule has 1 N–H and O–H groups in total. The van der Waals surface area contributed by atoms with Crippen LogP contribution in [0.1, 0.15) is 43.0 Å². The number of aliphatic carboxylic acids is 1. The number of fused-ring (bicyclic) bond motifs is 2. The Balaban J connectivity index is 0.000000567. The summed E-state index contributed by atoms with van der Waals surface area (Å²) in [4.78, 5) is 26.6. The summed E-state index contributed by atoms with van der Waals surface area (Å²) in [6, 6.07) is 4.18. The van der Waals surface area contributed by atoms with Gasteiger partial charge in [0.1, 0.15) is 6.33 Å². The molecule has 2 aromatic heterocycles. The minimum Gasteiger partial charge on any atom is -0.481 e. The molecule has 1 amide bonds. The molecule has 2 saturated carbocycles. The number of carbonyl (C=O) groups is 2. The van der Waals surface area contributed by atoms with Crippen molar-refractivity contribution >= 4 is 17.5 Å². The number of hydrogen-bond acceptors (Lipinski definition) is 6. The predicted octanol–water partition coefficient (Wildman–Crippen LogP) is 2.03. The lowest BCUT2D eigenvalue weighted by atomic mass is 9.77. The van der Waals surface area contributed by atoms with E-state index in [-0.39, 0.29) is 12.0 Å². The standard InChI is InChI=1S/C21H29N5O2.C2H4O2/c1-24(2)18-8-15-10-26(11-16(15)9-19(18)28-12-14-5-6-14)21(27)17-4-3-7-25-13-22-23-20(17)25;1-2(3)4/h3-4,7,13-16,18-19H,5-6,8-12H2,1-2H3;1H3,(H,3,4)/t15-,16+,18-,19-;/m1./s1. The van der Waals surface area contributed by atoms with Crippen LogP contribution in [0.3, 0.4) is 0 Å². The van der Waals surface area contributed by atoms with Crippen LogP contribution >= 0.6 is 0 Å². The van der Waals surface area contributed by atoms with Crippen LogP contribution in [0.15, 0.2) is 24.7 Å². The number of carbonyl (C=O) groups excluding carboxylic acids is 1. The Hall–Kier alpha value is -2.52. The summed E-state index contributed by atoms with van der Waals surface area (Å²) in [7, 11) is 4.31. The normalized spacial score (nSPS) is 27.2. The number of likely N-dealkylation sites (tertiary alicyclic amines) is 1. The van der Waals surface area contributed by atoms with E-state index in [0.29, 0.717) is 29.1 Å². The van der Waals surface area contributed by atoms with Gasteiger partial charge in [-0.1, -0.05) is 0 Å². The highest BCUT2D eigenvalue weighted by Crippen LogP contribution is 2.40. The molecule has 3 aliphatic rings. The SMILES string of the molecule is CC(=O)O.CN(C)[C@@H]1C[C@@H]2CN(C(=O)c3cccn4cnnc34)C[C@@H]2C[C@H]1OCC1CC1. The van der Waals surface area contributed by atoms with E-state index in [9.17, 15) is 4.79 Å². The fraction of sp³-hybridized carbons (Fsp3) is 0.652. The van der Waals surface area contributed by atoms with Crippen LogP contribution in [-0.4, -0.2) is 87.3 Å². The van der Waals surface area contributed by atoms with Crippen LogP contribution in [0, 0.1) is 17.8 Å². The van der Waals surface area contributed by atoms with E-state index < -0.39 is 5.97 Å². The zero-order chi connectivity index (χ0) is 22.8. The van der Waals surface area contributed by atoms with Crippen LogP contribution in [-0.2, 0) is 9.53 Å². The molecule has 32 heavy (non-hydrogen) atoms. The number of nitrogens with zero attached hydrogens (tertiary/aromatic N) is 5. The van der Waals surface area contributed by atoms with Crippen molar-refractivity contribution < 1.29 is 19.4 Å². The summed E-state index contributed by atoms with van der Waals surface area (Å²) < 4.78 is 8.16. The van der Waals surface area contributed by atoms with E-state index in [1.54, 1.807) is 10.7 Å². The van der Waals surface area contributed by atoms with Crippen molar-refractivity contribution in [3.8, 4) is 0 Å². The Morgan fingerprint density at radius 1 is 1.22 bits per heavy atom. The highest BCUT2D eigenvalue weighted by atomic mass is 16.5. The number of hydrogen-bond donors (Lipinski definition) is 1.